The van der Waals surface area contributed by atoms with E-state index in [4.69, 9.17) is 0 Å². The van der Waals surface area contributed by atoms with Crippen LogP contribution in [0.3, 0.4) is 0 Å². The van der Waals surface area contributed by atoms with Crippen molar-refractivity contribution < 1.29 is 0 Å². The second kappa shape index (κ2) is 7.26. The van der Waals surface area contributed by atoms with Crippen LogP contribution in [0, 0.1) is 0 Å². The van der Waals surface area contributed by atoms with E-state index in [1.165, 1.54) is 31.6 Å². The number of benzene rings is 1. The van der Waals surface area contributed by atoms with Crippen LogP contribution in [0.4, 0.5) is 5.69 Å². The summed E-state index contributed by atoms with van der Waals surface area (Å²) < 4.78 is 6.65. The Morgan fingerprint density at radius 3 is 2.06 bits per heavy atom. The average Bonchev–Trinajstić information content (AvgIpc) is 2.29. The molecule has 1 aromatic carbocycles. The van der Waals surface area contributed by atoms with Crippen molar-refractivity contribution in [3.8, 4) is 0 Å². The zero-order chi connectivity index (χ0) is 12.0. The second-order valence-corrected chi connectivity index (χ2v) is 13.1. The van der Waals surface area contributed by atoms with Gasteiger partial charge in [0.15, 0.2) is 0 Å². The molecule has 0 heterocycles. The van der Waals surface area contributed by atoms with Gasteiger partial charge in [0.25, 0.3) is 0 Å². The summed E-state index contributed by atoms with van der Waals surface area (Å²) in [5.41, 5.74) is 1.52. The summed E-state index contributed by atoms with van der Waals surface area (Å²) in [4.78, 5) is 2.58. The minimum atomic E-state index is -1.39. The molecular weight excluding hydrogens is 297 g/mol. The summed E-state index contributed by atoms with van der Waals surface area (Å²) in [5, 5.41) is 0. The van der Waals surface area contributed by atoms with Crippen LogP contribution in [0.5, 0.6) is 0 Å². The number of rotatable bonds is 6. The molecule has 2 heteroatoms. The molecule has 0 fully saturated rings. The number of hydrogen-bond acceptors (Lipinski definition) is 1. The number of anilines is 1. The molecule has 0 amide bonds. The van der Waals surface area contributed by atoms with Gasteiger partial charge < -0.3 is 0 Å². The molecule has 0 spiro atoms. The fourth-order valence-electron chi connectivity index (χ4n) is 2.16. The molecular formula is C14H24InN. The molecule has 0 bridgehead atoms. The Labute approximate surface area is 108 Å². The maximum absolute atomic E-state index is 2.58. The molecule has 1 nitrogen and oxygen atoms in total. The van der Waals surface area contributed by atoms with Gasteiger partial charge in [-0.25, -0.2) is 0 Å². The Bertz CT molecular complexity index is 303. The van der Waals surface area contributed by atoms with Crippen LogP contribution in [0.1, 0.15) is 26.7 Å². The van der Waals surface area contributed by atoms with Crippen molar-refractivity contribution in [2.24, 2.45) is 0 Å². The van der Waals surface area contributed by atoms with Crippen LogP contribution < -0.4 is 8.22 Å². The van der Waals surface area contributed by atoms with Gasteiger partial charge in [-0.15, -0.1) is 0 Å². The fourth-order valence-corrected chi connectivity index (χ4v) is 6.06. The van der Waals surface area contributed by atoms with Gasteiger partial charge in [0.1, 0.15) is 0 Å². The Morgan fingerprint density at radius 1 is 1.00 bits per heavy atom. The van der Waals surface area contributed by atoms with Crippen molar-refractivity contribution in [1.29, 1.82) is 0 Å². The zero-order valence-corrected chi connectivity index (χ0v) is 14.5. The van der Waals surface area contributed by atoms with Gasteiger partial charge in [-0.05, 0) is 0 Å². The molecule has 0 aromatic heterocycles. The number of nitrogens with zero attached hydrogens (tertiary/aromatic N) is 1. The molecule has 0 aliphatic rings. The summed E-state index contributed by atoms with van der Waals surface area (Å²) in [6, 6.07) is 9.06. The van der Waals surface area contributed by atoms with E-state index in [2.05, 4.69) is 52.4 Å². The topological polar surface area (TPSA) is 3.24 Å². The van der Waals surface area contributed by atoms with Crippen LogP contribution in [0.15, 0.2) is 24.3 Å². The van der Waals surface area contributed by atoms with Gasteiger partial charge in [-0.2, -0.15) is 0 Å². The van der Waals surface area contributed by atoms with Crippen LogP contribution in [-0.2, 0) is 0 Å². The van der Waals surface area contributed by atoms with Crippen LogP contribution in [0.25, 0.3) is 0 Å². The van der Waals surface area contributed by atoms with E-state index >= 15 is 0 Å². The third-order valence-corrected chi connectivity index (χ3v) is 7.83. The zero-order valence-electron chi connectivity index (χ0n) is 11.2. The molecule has 88 valence electrons. The molecule has 0 atom stereocenters. The fraction of sp³-hybridized carbons (Fsp3) is 0.571. The van der Waals surface area contributed by atoms with E-state index in [9.17, 15) is 0 Å². The summed E-state index contributed by atoms with van der Waals surface area (Å²) in [7, 11) is 0. The van der Waals surface area contributed by atoms with Crippen molar-refractivity contribution in [1.82, 2.24) is 0 Å². The molecule has 0 saturated carbocycles. The van der Waals surface area contributed by atoms with Crippen LogP contribution in [0.2, 0.25) is 9.36 Å². The molecule has 0 N–H and O–H groups in total. The summed E-state index contributed by atoms with van der Waals surface area (Å²) >= 11 is -1.39. The van der Waals surface area contributed by atoms with E-state index in [1.807, 2.05) is 0 Å². The van der Waals surface area contributed by atoms with Gasteiger partial charge in [-0.1, -0.05) is 0 Å². The third kappa shape index (κ3) is 3.73. The van der Waals surface area contributed by atoms with Gasteiger partial charge in [0, 0.05) is 0 Å². The first-order chi connectivity index (χ1) is 7.70. The molecule has 0 saturated heterocycles. The first-order valence-corrected chi connectivity index (χ1v) is 14.8. The Hall–Kier alpha value is -0.110. The van der Waals surface area contributed by atoms with E-state index in [0.29, 0.717) is 0 Å². The second-order valence-electron chi connectivity index (χ2n) is 4.70. The Balaban J connectivity index is 2.97. The van der Waals surface area contributed by atoms with Crippen molar-refractivity contribution in [2.45, 2.75) is 36.0 Å². The van der Waals surface area contributed by atoms with E-state index < -0.39 is 21.4 Å². The molecule has 1 rings (SSSR count). The Kier molecular flexibility index (Phi) is 6.33. The first kappa shape index (κ1) is 14.0. The van der Waals surface area contributed by atoms with Crippen molar-refractivity contribution in [3.63, 3.8) is 0 Å². The SMILES string of the molecule is CCCN(CCC)c1cccc[c]1[In]([CH3])[CH3]. The first-order valence-electron chi connectivity index (χ1n) is 6.54. The summed E-state index contributed by atoms with van der Waals surface area (Å²) in [5.74, 6) is 0. The number of para-hydroxylation sites is 1. The predicted molar refractivity (Wildman–Crippen MR) is 76.4 cm³/mol. The van der Waals surface area contributed by atoms with Crippen LogP contribution in [-0.4, -0.2) is 34.5 Å². The molecule has 1 aromatic rings. The van der Waals surface area contributed by atoms with E-state index in [0.717, 1.165) is 0 Å². The molecule has 0 unspecified atom stereocenters. The van der Waals surface area contributed by atoms with Gasteiger partial charge in [0.05, 0.1) is 0 Å². The average molecular weight is 321 g/mol. The molecule has 0 aliphatic heterocycles. The summed E-state index contributed by atoms with van der Waals surface area (Å²) in [6.07, 6.45) is 2.48. The van der Waals surface area contributed by atoms with Gasteiger partial charge in [-0.3, -0.25) is 0 Å². The van der Waals surface area contributed by atoms with Gasteiger partial charge >= 0.3 is 109 Å². The van der Waals surface area contributed by atoms with Crippen LogP contribution >= 0.6 is 0 Å². The Morgan fingerprint density at radius 2 is 1.56 bits per heavy atom. The number of hydrogen-bond donors (Lipinski definition) is 0. The molecule has 0 aliphatic carbocycles. The quantitative estimate of drug-likeness (QED) is 0.777. The summed E-state index contributed by atoms with van der Waals surface area (Å²) in [6.45, 7) is 6.93. The van der Waals surface area contributed by atoms with E-state index in [-0.39, 0.29) is 0 Å². The van der Waals surface area contributed by atoms with Gasteiger partial charge in [0.2, 0.25) is 0 Å². The van der Waals surface area contributed by atoms with Crippen molar-refractivity contribution >= 4 is 30.4 Å². The molecule has 0 radical (unpaired) electrons. The monoisotopic (exact) mass is 321 g/mol. The van der Waals surface area contributed by atoms with E-state index in [1.54, 1.807) is 3.32 Å². The predicted octanol–water partition coefficient (Wildman–Crippen LogP) is 3.27. The minimum absolute atomic E-state index is 1.20. The third-order valence-electron chi connectivity index (χ3n) is 2.89. The van der Waals surface area contributed by atoms with Crippen molar-refractivity contribution in [2.75, 3.05) is 18.0 Å². The standard InChI is InChI=1S/C12H18N.2CH3.In/c1-3-10-13(11-4-2)12-8-6-5-7-9-12;;;/h5-8H,3-4,10-11H2,1-2H3;2*1H3;. The normalized spacial score (nSPS) is 10.2. The van der Waals surface area contributed by atoms with Crippen molar-refractivity contribution in [3.05, 3.63) is 24.3 Å². The maximum atomic E-state index is 2.58. The molecule has 16 heavy (non-hydrogen) atoms.